The fourth-order valence-corrected chi connectivity index (χ4v) is 1.37. The van der Waals surface area contributed by atoms with Gasteiger partial charge in [0.25, 0.3) is 0 Å². The lowest BCUT2D eigenvalue weighted by atomic mass is 10.1. The molecule has 1 N–H and O–H groups in total. The highest BCUT2D eigenvalue weighted by atomic mass is 28.3. The molecule has 0 unspecified atom stereocenters. The van der Waals surface area contributed by atoms with Crippen LogP contribution in [-0.2, 0) is 20.3 Å². The number of ether oxygens (including phenoxy) is 1. The second kappa shape index (κ2) is 7.36. The number of methoxy groups -OCH3 is 1. The Bertz CT molecular complexity index is 412. The summed E-state index contributed by atoms with van der Waals surface area (Å²) in [5.74, 6) is 0.680. The summed E-state index contributed by atoms with van der Waals surface area (Å²) in [6, 6.07) is 5.27. The van der Waals surface area contributed by atoms with Crippen LogP contribution in [0.2, 0.25) is 0 Å². The molecule has 1 saturated heterocycles. The molecule has 18 heavy (non-hydrogen) atoms. The second-order valence-corrected chi connectivity index (χ2v) is 3.64. The van der Waals surface area contributed by atoms with Crippen LogP contribution in [0.5, 0.6) is 11.5 Å². The van der Waals surface area contributed by atoms with E-state index in [0.717, 1.165) is 12.0 Å². The van der Waals surface area contributed by atoms with Crippen LogP contribution in [0.15, 0.2) is 30.9 Å². The topological polar surface area (TPSA) is 74.2 Å². The van der Waals surface area contributed by atoms with Gasteiger partial charge in [0.05, 0.1) is 7.11 Å². The van der Waals surface area contributed by atoms with Crippen LogP contribution in [0, 0.1) is 0 Å². The minimum Gasteiger partial charge on any atom is -0.504 e. The number of rotatable bonds is 3. The maximum atomic E-state index is 9.68. The average molecular weight is 268 g/mol. The molecule has 6 nitrogen and oxygen atoms in total. The van der Waals surface area contributed by atoms with Crippen molar-refractivity contribution in [3.63, 3.8) is 0 Å². The van der Waals surface area contributed by atoms with E-state index in [0.29, 0.717) is 5.75 Å². The molecule has 1 heterocycles. The highest BCUT2D eigenvalue weighted by molar-refractivity contribution is 6.23. The lowest BCUT2D eigenvalue weighted by Gasteiger charge is -2.04. The Balaban J connectivity index is 0.000000225. The molecule has 0 amide bonds. The van der Waals surface area contributed by atoms with Crippen molar-refractivity contribution >= 4 is 16.2 Å². The third-order valence-electron chi connectivity index (χ3n) is 1.89. The van der Waals surface area contributed by atoms with Gasteiger partial charge in [0, 0.05) is 0 Å². The maximum absolute atomic E-state index is 9.68. The Labute approximate surface area is 107 Å². The number of hydrogen-bond acceptors (Lipinski definition) is 6. The van der Waals surface area contributed by atoms with Crippen LogP contribution < -0.4 is 4.74 Å². The molecule has 2 radical (unpaired) electrons. The number of hydrogen-bond donors (Lipinski definition) is 1. The monoisotopic (exact) mass is 268 g/mol. The molecule has 0 atom stereocenters. The van der Waals surface area contributed by atoms with Crippen LogP contribution in [0.4, 0.5) is 4.79 Å². The summed E-state index contributed by atoms with van der Waals surface area (Å²) in [6.45, 7) is 3.63. The summed E-state index contributed by atoms with van der Waals surface area (Å²) >= 11 is 0. The zero-order valence-corrected chi connectivity index (χ0v) is 10.7. The Morgan fingerprint density at radius 1 is 1.56 bits per heavy atom. The SMILES string of the molecule is C=CCc1ccc(O)c(OC)c1.O=C1OO[Si]O1. The maximum Gasteiger partial charge on any atom is 0.575 e. The lowest BCUT2D eigenvalue weighted by Crippen LogP contribution is -1.89. The van der Waals surface area contributed by atoms with Gasteiger partial charge in [0.1, 0.15) is 0 Å². The number of benzene rings is 1. The lowest BCUT2D eigenvalue weighted by molar-refractivity contribution is -0.124. The third kappa shape index (κ3) is 4.48. The molecule has 0 aliphatic carbocycles. The molecule has 1 aromatic rings. The van der Waals surface area contributed by atoms with E-state index in [-0.39, 0.29) is 15.8 Å². The van der Waals surface area contributed by atoms with Crippen molar-refractivity contribution in [1.82, 2.24) is 0 Å². The van der Waals surface area contributed by atoms with Gasteiger partial charge in [-0.25, -0.2) is 4.79 Å². The van der Waals surface area contributed by atoms with Crippen molar-refractivity contribution in [2.45, 2.75) is 6.42 Å². The van der Waals surface area contributed by atoms with Gasteiger partial charge < -0.3 is 14.3 Å². The van der Waals surface area contributed by atoms with Crippen LogP contribution >= 0.6 is 0 Å². The molecule has 0 aromatic heterocycles. The summed E-state index contributed by atoms with van der Waals surface area (Å²) in [4.78, 5) is 13.5. The minimum atomic E-state index is -0.756. The minimum absolute atomic E-state index is 0.172. The first-order valence-corrected chi connectivity index (χ1v) is 5.75. The van der Waals surface area contributed by atoms with Crippen LogP contribution in [0.1, 0.15) is 5.56 Å². The Hall–Kier alpha value is -1.99. The van der Waals surface area contributed by atoms with Gasteiger partial charge in [-0.15, -0.1) is 6.58 Å². The van der Waals surface area contributed by atoms with Crippen molar-refractivity contribution in [3.8, 4) is 11.5 Å². The summed E-state index contributed by atoms with van der Waals surface area (Å²) in [5, 5.41) is 9.25. The van der Waals surface area contributed by atoms with Crippen molar-refractivity contribution in [1.29, 1.82) is 0 Å². The van der Waals surface area contributed by atoms with Crippen molar-refractivity contribution in [2.75, 3.05) is 7.11 Å². The van der Waals surface area contributed by atoms with E-state index in [1.54, 1.807) is 12.1 Å². The summed E-state index contributed by atoms with van der Waals surface area (Å²) in [6.07, 6.45) is 1.84. The van der Waals surface area contributed by atoms with Crippen molar-refractivity contribution < 1.29 is 28.5 Å². The molecule has 1 aliphatic rings. The molecular weight excluding hydrogens is 256 g/mol. The molecule has 0 saturated carbocycles. The number of phenols is 1. The molecule has 1 fully saturated rings. The fraction of sp³-hybridized carbons (Fsp3) is 0.182. The largest absolute Gasteiger partial charge is 0.575 e. The van der Waals surface area contributed by atoms with Gasteiger partial charge in [-0.2, -0.15) is 4.58 Å². The number of carbonyl (C=O) groups is 1. The molecule has 0 spiro atoms. The summed E-state index contributed by atoms with van der Waals surface area (Å²) in [5.41, 5.74) is 1.08. The van der Waals surface area contributed by atoms with E-state index in [9.17, 15) is 9.90 Å². The van der Waals surface area contributed by atoms with Gasteiger partial charge in [-0.3, -0.25) is 4.89 Å². The molecular formula is C11H12O6Si. The smallest absolute Gasteiger partial charge is 0.504 e. The Morgan fingerprint density at radius 3 is 2.78 bits per heavy atom. The molecule has 0 bridgehead atoms. The molecule has 1 aliphatic heterocycles. The van der Waals surface area contributed by atoms with E-state index < -0.39 is 6.16 Å². The predicted octanol–water partition coefficient (Wildman–Crippen LogP) is 1.75. The third-order valence-corrected chi connectivity index (χ3v) is 2.29. The molecule has 7 heteroatoms. The van der Waals surface area contributed by atoms with Crippen LogP contribution in [0.25, 0.3) is 0 Å². The molecule has 2 rings (SSSR count). The molecule has 96 valence electrons. The van der Waals surface area contributed by atoms with E-state index in [4.69, 9.17) is 4.74 Å². The fourth-order valence-electron chi connectivity index (χ4n) is 1.13. The standard InChI is InChI=1S/C10H12O2.CO4Si/c1-3-4-8-5-6-9(11)10(7-8)12-2;2-1-3-5-6-4-1/h3,5-7,11H,1,4H2,2H3;. The quantitative estimate of drug-likeness (QED) is 0.511. The van der Waals surface area contributed by atoms with E-state index in [1.165, 1.54) is 7.11 Å². The summed E-state index contributed by atoms with van der Waals surface area (Å²) in [7, 11) is 1.25. The first-order valence-electron chi connectivity index (χ1n) is 4.93. The van der Waals surface area contributed by atoms with Crippen molar-refractivity contribution in [2.24, 2.45) is 0 Å². The highest BCUT2D eigenvalue weighted by Crippen LogP contribution is 2.26. The predicted molar refractivity (Wildman–Crippen MR) is 63.0 cm³/mol. The van der Waals surface area contributed by atoms with Gasteiger partial charge in [-0.05, 0) is 24.1 Å². The average Bonchev–Trinajstić information content (AvgIpc) is 2.84. The van der Waals surface area contributed by atoms with Crippen LogP contribution in [0.3, 0.4) is 0 Å². The number of aromatic hydroxyl groups is 1. The van der Waals surface area contributed by atoms with Gasteiger partial charge >= 0.3 is 16.2 Å². The van der Waals surface area contributed by atoms with E-state index >= 15 is 0 Å². The Kier molecular flexibility index (Phi) is 5.75. The highest BCUT2D eigenvalue weighted by Gasteiger charge is 2.16. The number of carbonyl (C=O) groups excluding carboxylic acids is 1. The number of allylic oxidation sites excluding steroid dienone is 1. The second-order valence-electron chi connectivity index (χ2n) is 3.10. The molecule has 1 aromatic carbocycles. The normalized spacial score (nSPS) is 12.8. The van der Waals surface area contributed by atoms with Gasteiger partial charge in [-0.1, -0.05) is 12.1 Å². The van der Waals surface area contributed by atoms with Gasteiger partial charge in [0.2, 0.25) is 0 Å². The van der Waals surface area contributed by atoms with Gasteiger partial charge in [0.15, 0.2) is 11.5 Å². The van der Waals surface area contributed by atoms with E-state index in [2.05, 4.69) is 20.5 Å². The zero-order valence-electron chi connectivity index (χ0n) is 9.71. The Morgan fingerprint density at radius 2 is 2.33 bits per heavy atom. The first-order chi connectivity index (χ1) is 8.67. The van der Waals surface area contributed by atoms with Crippen LogP contribution in [-0.4, -0.2) is 28.4 Å². The number of phenolic OH excluding ortho intramolecular Hbond substituents is 1. The van der Waals surface area contributed by atoms with E-state index in [1.807, 2.05) is 12.1 Å². The summed E-state index contributed by atoms with van der Waals surface area (Å²) < 4.78 is 13.1. The first kappa shape index (κ1) is 14.1. The zero-order chi connectivity index (χ0) is 13.4. The van der Waals surface area contributed by atoms with Crippen molar-refractivity contribution in [3.05, 3.63) is 36.4 Å².